The standard InChI is InChI=1S/2Na.9H2O.S2/c;;;;;;;;;;;1-2/h;;9*1H2;/q2*+1;;;;;;;;;;-2. The zero-order valence-electron chi connectivity index (χ0n) is 7.32. The second kappa shape index (κ2) is 466. The van der Waals surface area contributed by atoms with E-state index in [-0.39, 0.29) is 108 Å². The van der Waals surface area contributed by atoms with Gasteiger partial charge in [0.15, 0.2) is 0 Å². The van der Waals surface area contributed by atoms with Crippen LogP contribution in [0.1, 0.15) is 0 Å². The van der Waals surface area contributed by atoms with Crippen LogP contribution < -0.4 is 59.1 Å². The largest absolute Gasteiger partial charge is 1.00 e. The Balaban J connectivity index is -0.0000000000909. The minimum absolute atomic E-state index is 0. The third-order valence-corrected chi connectivity index (χ3v) is 0. The van der Waals surface area contributed by atoms with Crippen LogP contribution in [-0.2, 0) is 23.3 Å². The van der Waals surface area contributed by atoms with Gasteiger partial charge in [-0.3, -0.25) is 0 Å². The Morgan fingerprint density at radius 2 is 0.308 bits per heavy atom. The summed E-state index contributed by atoms with van der Waals surface area (Å²) < 4.78 is 0. The fraction of sp³-hybridized carbons (Fsp3) is 0. The van der Waals surface area contributed by atoms with Crippen LogP contribution in [0.25, 0.3) is 0 Å². The van der Waals surface area contributed by atoms with Crippen LogP contribution >= 0.6 is 0 Å². The van der Waals surface area contributed by atoms with Crippen molar-refractivity contribution in [3.63, 3.8) is 0 Å². The molecule has 0 fully saturated rings. The van der Waals surface area contributed by atoms with Gasteiger partial charge < -0.3 is 72.6 Å². The van der Waals surface area contributed by atoms with E-state index in [2.05, 4.69) is 23.3 Å². The summed E-state index contributed by atoms with van der Waals surface area (Å²) in [6.45, 7) is 0. The van der Waals surface area contributed by atoms with E-state index >= 15 is 0 Å². The second-order valence-electron chi connectivity index (χ2n) is 0. The Morgan fingerprint density at radius 3 is 0.308 bits per heavy atom. The summed E-state index contributed by atoms with van der Waals surface area (Å²) in [5, 5.41) is 0. The zero-order valence-corrected chi connectivity index (χ0v) is 12.9. The molecular formula is H18Na2O9S2. The van der Waals surface area contributed by atoms with E-state index in [4.69, 9.17) is 0 Å². The minimum Gasteiger partial charge on any atom is -1.00 e. The number of hydrogen-bond donors (Lipinski definition) is 0. The fourth-order valence-electron chi connectivity index (χ4n) is 0. The van der Waals surface area contributed by atoms with Gasteiger partial charge in [-0.15, -0.1) is 0 Å². The van der Waals surface area contributed by atoms with Gasteiger partial charge in [0.25, 0.3) is 0 Å². The van der Waals surface area contributed by atoms with Crippen molar-refractivity contribution in [2.24, 2.45) is 0 Å². The molecule has 0 atom stereocenters. The van der Waals surface area contributed by atoms with Crippen molar-refractivity contribution in [3.8, 4) is 0 Å². The van der Waals surface area contributed by atoms with Crippen molar-refractivity contribution < 1.29 is 108 Å². The molecule has 0 rings (SSSR count). The van der Waals surface area contributed by atoms with Crippen LogP contribution in [0.2, 0.25) is 0 Å². The molecule has 18 N–H and O–H groups in total. The van der Waals surface area contributed by atoms with E-state index in [0.29, 0.717) is 0 Å². The Hall–Kier alpha value is 2.34. The van der Waals surface area contributed by atoms with Gasteiger partial charge in [-0.1, -0.05) is 0 Å². The molecule has 13 heteroatoms. The maximum Gasteiger partial charge on any atom is 1.00 e. The van der Waals surface area contributed by atoms with Crippen LogP contribution in [0.15, 0.2) is 0 Å². The molecular weight excluding hydrogens is 254 g/mol. The molecule has 0 aliphatic carbocycles. The molecule has 0 aromatic heterocycles. The molecule has 86 valence electrons. The Kier molecular flexibility index (Phi) is 10100. The van der Waals surface area contributed by atoms with E-state index in [1.807, 2.05) is 0 Å². The van der Waals surface area contributed by atoms with Crippen LogP contribution in [0.5, 0.6) is 0 Å². The third kappa shape index (κ3) is 399. The molecule has 0 aromatic carbocycles. The molecule has 0 spiro atoms. The fourth-order valence-corrected chi connectivity index (χ4v) is 0. The molecule has 0 aliphatic heterocycles. The van der Waals surface area contributed by atoms with Gasteiger partial charge in [-0.2, -0.15) is 0 Å². The quantitative estimate of drug-likeness (QED) is 0.235. The molecule has 0 bridgehead atoms. The molecule has 0 saturated carbocycles. The summed E-state index contributed by atoms with van der Waals surface area (Å²) in [5.74, 6) is 0. The van der Waals surface area contributed by atoms with Crippen molar-refractivity contribution in [2.75, 3.05) is 0 Å². The molecule has 0 amide bonds. The Bertz CT molecular complexity index is 15.6. The second-order valence-corrected chi connectivity index (χ2v) is 0. The summed E-state index contributed by atoms with van der Waals surface area (Å²) in [5.41, 5.74) is 0. The summed E-state index contributed by atoms with van der Waals surface area (Å²) in [6.07, 6.45) is 0. The third-order valence-electron chi connectivity index (χ3n) is 0. The van der Waals surface area contributed by atoms with Crippen molar-refractivity contribution in [1.82, 2.24) is 0 Å². The predicted octanol–water partition coefficient (Wildman–Crippen LogP) is -13.4. The van der Waals surface area contributed by atoms with Crippen LogP contribution in [0.4, 0.5) is 0 Å². The number of hydrogen-bond acceptors (Lipinski definition) is 2. The minimum atomic E-state index is 0. The molecule has 0 aromatic rings. The zero-order chi connectivity index (χ0) is 2.00. The first-order valence-electron chi connectivity index (χ1n) is 0.167. The van der Waals surface area contributed by atoms with Gasteiger partial charge in [0.05, 0.1) is 0 Å². The SMILES string of the molecule is O.O.O.O.O.O.O.O.O.[Na+].[Na+].[S-][S-]. The molecule has 9 nitrogen and oxygen atoms in total. The van der Waals surface area contributed by atoms with Crippen molar-refractivity contribution in [1.29, 1.82) is 0 Å². The van der Waals surface area contributed by atoms with Gasteiger partial charge in [-0.05, 0) is 0 Å². The van der Waals surface area contributed by atoms with E-state index < -0.39 is 0 Å². The molecule has 13 heavy (non-hydrogen) atoms. The van der Waals surface area contributed by atoms with Crippen LogP contribution in [0, 0.1) is 0 Å². The van der Waals surface area contributed by atoms with E-state index in [1.54, 1.807) is 0 Å². The van der Waals surface area contributed by atoms with Crippen molar-refractivity contribution >= 4 is 23.3 Å². The van der Waals surface area contributed by atoms with Gasteiger partial charge in [-0.25, -0.2) is 0 Å². The van der Waals surface area contributed by atoms with Gasteiger partial charge in [0, 0.05) is 0 Å². The summed E-state index contributed by atoms with van der Waals surface area (Å²) >= 11 is 7.33. The summed E-state index contributed by atoms with van der Waals surface area (Å²) in [7, 11) is 0. The van der Waals surface area contributed by atoms with Crippen LogP contribution in [0.3, 0.4) is 0 Å². The van der Waals surface area contributed by atoms with Gasteiger partial charge >= 0.3 is 59.1 Å². The normalized spacial score (nSPS) is 0.462. The van der Waals surface area contributed by atoms with E-state index in [9.17, 15) is 0 Å². The smallest absolute Gasteiger partial charge is 1.00 e. The van der Waals surface area contributed by atoms with Crippen molar-refractivity contribution in [3.05, 3.63) is 0 Å². The molecule has 0 aliphatic rings. The summed E-state index contributed by atoms with van der Waals surface area (Å²) in [6, 6.07) is 0. The molecule has 0 saturated heterocycles. The Morgan fingerprint density at radius 1 is 0.308 bits per heavy atom. The maximum atomic E-state index is 3.67. The maximum absolute atomic E-state index is 3.67. The van der Waals surface area contributed by atoms with Gasteiger partial charge in [0.1, 0.15) is 0 Å². The molecule has 0 heterocycles. The van der Waals surface area contributed by atoms with Crippen molar-refractivity contribution in [2.45, 2.75) is 0 Å². The summed E-state index contributed by atoms with van der Waals surface area (Å²) in [4.78, 5) is 0. The molecule has 0 radical (unpaired) electrons. The first-order chi connectivity index (χ1) is 1.00. The van der Waals surface area contributed by atoms with Crippen LogP contribution in [-0.4, -0.2) is 49.3 Å². The predicted molar refractivity (Wildman–Crippen MR) is 47.3 cm³/mol. The number of rotatable bonds is 0. The van der Waals surface area contributed by atoms with E-state index in [0.717, 1.165) is 0 Å². The monoisotopic (exact) mass is 272 g/mol. The van der Waals surface area contributed by atoms with E-state index in [1.165, 1.54) is 0 Å². The molecule has 0 unspecified atom stereocenters. The van der Waals surface area contributed by atoms with Gasteiger partial charge in [0.2, 0.25) is 0 Å². The first kappa shape index (κ1) is 283. The average Bonchev–Trinajstić information content (AvgIpc) is 1.00. The first-order valence-corrected chi connectivity index (χ1v) is 1.50. The topological polar surface area (TPSA) is 284 Å². The average molecular weight is 272 g/mol. The Labute approximate surface area is 130 Å².